The second-order valence-electron chi connectivity index (χ2n) is 6.41. The summed E-state index contributed by atoms with van der Waals surface area (Å²) >= 11 is 0. The number of anilines is 1. The van der Waals surface area contributed by atoms with Gasteiger partial charge in [-0.2, -0.15) is 13.2 Å². The van der Waals surface area contributed by atoms with Crippen LogP contribution in [0.15, 0.2) is 36.5 Å². The molecule has 1 fully saturated rings. The quantitative estimate of drug-likeness (QED) is 0.631. The maximum atomic E-state index is 12.8. The molecule has 27 heavy (non-hydrogen) atoms. The van der Waals surface area contributed by atoms with Gasteiger partial charge in [-0.05, 0) is 31.0 Å². The number of piperidine rings is 1. The van der Waals surface area contributed by atoms with E-state index in [1.807, 2.05) is 6.07 Å². The number of nitrogens with zero attached hydrogens (tertiary/aromatic N) is 4. The van der Waals surface area contributed by atoms with Gasteiger partial charge in [0.2, 0.25) is 5.95 Å². The number of likely N-dealkylation sites (tertiary alicyclic amines) is 1. The zero-order valence-corrected chi connectivity index (χ0v) is 14.3. The Hall–Kier alpha value is -2.75. The summed E-state index contributed by atoms with van der Waals surface area (Å²) in [4.78, 5) is 20.0. The number of nitrogens with one attached hydrogen (secondary N) is 1. The number of non-ortho nitro benzene ring substituents is 1. The fraction of sp³-hybridized carbons (Fsp3) is 0.412. The van der Waals surface area contributed by atoms with E-state index in [-0.39, 0.29) is 17.7 Å². The first-order chi connectivity index (χ1) is 12.8. The van der Waals surface area contributed by atoms with Gasteiger partial charge in [-0.25, -0.2) is 9.97 Å². The zero-order chi connectivity index (χ0) is 19.4. The van der Waals surface area contributed by atoms with E-state index in [0.717, 1.165) is 37.2 Å². The van der Waals surface area contributed by atoms with E-state index in [1.165, 1.54) is 12.1 Å². The van der Waals surface area contributed by atoms with Crippen LogP contribution in [0.4, 0.5) is 24.8 Å². The Balaban J connectivity index is 1.63. The van der Waals surface area contributed by atoms with E-state index in [1.54, 1.807) is 6.07 Å². The number of hydrogen-bond acceptors (Lipinski definition) is 6. The van der Waals surface area contributed by atoms with Crippen molar-refractivity contribution < 1.29 is 18.1 Å². The van der Waals surface area contributed by atoms with E-state index < -0.39 is 16.8 Å². The van der Waals surface area contributed by atoms with Crippen molar-refractivity contribution in [3.05, 3.63) is 57.9 Å². The van der Waals surface area contributed by atoms with Gasteiger partial charge >= 0.3 is 6.18 Å². The lowest BCUT2D eigenvalue weighted by Crippen LogP contribution is -2.42. The van der Waals surface area contributed by atoms with E-state index in [9.17, 15) is 23.3 Å². The molecule has 0 radical (unpaired) electrons. The molecular formula is C17H18F3N5O2. The van der Waals surface area contributed by atoms with E-state index in [4.69, 9.17) is 0 Å². The molecule has 2 heterocycles. The van der Waals surface area contributed by atoms with Crippen molar-refractivity contribution in [1.82, 2.24) is 14.9 Å². The topological polar surface area (TPSA) is 84.2 Å². The zero-order valence-electron chi connectivity index (χ0n) is 14.3. The van der Waals surface area contributed by atoms with Crippen LogP contribution in [0.2, 0.25) is 0 Å². The van der Waals surface area contributed by atoms with Crippen LogP contribution in [0.5, 0.6) is 0 Å². The summed E-state index contributed by atoms with van der Waals surface area (Å²) in [5.74, 6) is -0.0491. The van der Waals surface area contributed by atoms with Crippen LogP contribution in [-0.2, 0) is 12.7 Å². The summed E-state index contributed by atoms with van der Waals surface area (Å²) in [6, 6.07) is 7.17. The lowest BCUT2D eigenvalue weighted by atomic mass is 10.0. The molecule has 3 rings (SSSR count). The fourth-order valence-corrected chi connectivity index (χ4v) is 3.11. The van der Waals surface area contributed by atoms with Gasteiger partial charge in [0.15, 0.2) is 0 Å². The number of benzene rings is 1. The maximum Gasteiger partial charge on any atom is 0.433 e. The fourth-order valence-electron chi connectivity index (χ4n) is 3.11. The van der Waals surface area contributed by atoms with Gasteiger partial charge in [0, 0.05) is 37.5 Å². The first-order valence-corrected chi connectivity index (χ1v) is 8.44. The second-order valence-corrected chi connectivity index (χ2v) is 6.41. The normalized spacial score (nSPS) is 18.3. The highest BCUT2D eigenvalue weighted by atomic mass is 19.4. The number of aromatic nitrogens is 2. The Morgan fingerprint density at radius 2 is 2.15 bits per heavy atom. The highest BCUT2D eigenvalue weighted by Crippen LogP contribution is 2.28. The molecule has 0 saturated carbocycles. The van der Waals surface area contributed by atoms with Crippen molar-refractivity contribution in [3.63, 3.8) is 0 Å². The molecule has 144 valence electrons. The summed E-state index contributed by atoms with van der Waals surface area (Å²) < 4.78 is 38.3. The minimum absolute atomic E-state index is 0.0385. The molecule has 1 aliphatic heterocycles. The monoisotopic (exact) mass is 381 g/mol. The van der Waals surface area contributed by atoms with Crippen LogP contribution in [0.3, 0.4) is 0 Å². The van der Waals surface area contributed by atoms with Crippen molar-refractivity contribution in [1.29, 1.82) is 0 Å². The highest BCUT2D eigenvalue weighted by molar-refractivity contribution is 5.34. The molecule has 10 heteroatoms. The van der Waals surface area contributed by atoms with E-state index >= 15 is 0 Å². The van der Waals surface area contributed by atoms with Crippen molar-refractivity contribution in [2.75, 3.05) is 18.4 Å². The van der Waals surface area contributed by atoms with Crippen molar-refractivity contribution in [3.8, 4) is 0 Å². The van der Waals surface area contributed by atoms with Gasteiger partial charge in [0.05, 0.1) is 4.92 Å². The molecule has 2 aromatic rings. The summed E-state index contributed by atoms with van der Waals surface area (Å²) in [5, 5.41) is 13.9. The molecule has 0 bridgehead atoms. The molecule has 0 aliphatic carbocycles. The molecular weight excluding hydrogens is 363 g/mol. The number of halogens is 3. The van der Waals surface area contributed by atoms with Gasteiger partial charge in [-0.15, -0.1) is 0 Å². The lowest BCUT2D eigenvalue weighted by molar-refractivity contribution is -0.384. The molecule has 1 unspecified atom stereocenters. The summed E-state index contributed by atoms with van der Waals surface area (Å²) in [7, 11) is 0. The second kappa shape index (κ2) is 7.87. The van der Waals surface area contributed by atoms with Gasteiger partial charge in [-0.1, -0.05) is 12.1 Å². The highest BCUT2D eigenvalue weighted by Gasteiger charge is 2.33. The smallest absolute Gasteiger partial charge is 0.350 e. The van der Waals surface area contributed by atoms with Crippen LogP contribution in [-0.4, -0.2) is 38.9 Å². The Morgan fingerprint density at radius 1 is 1.33 bits per heavy atom. The van der Waals surface area contributed by atoms with Crippen LogP contribution in [0.25, 0.3) is 0 Å². The van der Waals surface area contributed by atoms with Crippen molar-refractivity contribution in [2.45, 2.75) is 31.6 Å². The number of alkyl halides is 3. The molecule has 1 atom stereocenters. The molecule has 1 aromatic heterocycles. The number of hydrogen-bond donors (Lipinski definition) is 1. The van der Waals surface area contributed by atoms with Crippen LogP contribution < -0.4 is 5.32 Å². The predicted octanol–water partition coefficient (Wildman–Crippen LogP) is 3.48. The number of nitro groups is 1. The molecule has 1 N–H and O–H groups in total. The minimum Gasteiger partial charge on any atom is -0.350 e. The number of rotatable bonds is 5. The Bertz CT molecular complexity index is 815. The van der Waals surface area contributed by atoms with Crippen LogP contribution in [0.1, 0.15) is 24.1 Å². The number of nitro benzene ring substituents is 1. The maximum absolute atomic E-state index is 12.8. The summed E-state index contributed by atoms with van der Waals surface area (Å²) in [5.41, 5.74) is -0.124. The van der Waals surface area contributed by atoms with Gasteiger partial charge in [-0.3, -0.25) is 15.0 Å². The average molecular weight is 381 g/mol. The van der Waals surface area contributed by atoms with Gasteiger partial charge in [0.1, 0.15) is 5.69 Å². The summed E-state index contributed by atoms with van der Waals surface area (Å²) in [6.07, 6.45) is -1.79. The third-order valence-electron chi connectivity index (χ3n) is 4.31. The Morgan fingerprint density at radius 3 is 2.89 bits per heavy atom. The van der Waals surface area contributed by atoms with E-state index in [2.05, 4.69) is 20.2 Å². The Labute approximate surface area is 153 Å². The first-order valence-electron chi connectivity index (χ1n) is 8.44. The van der Waals surface area contributed by atoms with Crippen molar-refractivity contribution >= 4 is 11.6 Å². The minimum atomic E-state index is -4.51. The average Bonchev–Trinajstić information content (AvgIpc) is 2.62. The largest absolute Gasteiger partial charge is 0.433 e. The SMILES string of the molecule is O=[N+]([O-])c1cccc(CN2CCCC(Nc3nccc(C(F)(F)F)n3)C2)c1. The van der Waals surface area contributed by atoms with Gasteiger partial charge < -0.3 is 5.32 Å². The molecule has 7 nitrogen and oxygen atoms in total. The van der Waals surface area contributed by atoms with E-state index in [0.29, 0.717) is 13.1 Å². The lowest BCUT2D eigenvalue weighted by Gasteiger charge is -2.33. The molecule has 1 saturated heterocycles. The summed E-state index contributed by atoms with van der Waals surface area (Å²) in [6.45, 7) is 1.93. The Kier molecular flexibility index (Phi) is 5.54. The predicted molar refractivity (Wildman–Crippen MR) is 92.1 cm³/mol. The molecule has 0 spiro atoms. The molecule has 0 amide bonds. The standard InChI is InChI=1S/C17H18F3N5O2/c18-17(19,20)15-6-7-21-16(23-15)22-13-4-2-8-24(11-13)10-12-3-1-5-14(9-12)25(26)27/h1,3,5-7,9,13H,2,4,8,10-11H2,(H,21,22,23). The van der Waals surface area contributed by atoms with Crippen LogP contribution in [0, 0.1) is 10.1 Å². The van der Waals surface area contributed by atoms with Crippen molar-refractivity contribution in [2.24, 2.45) is 0 Å². The van der Waals surface area contributed by atoms with Gasteiger partial charge in [0.25, 0.3) is 5.69 Å². The molecule has 1 aliphatic rings. The van der Waals surface area contributed by atoms with Crippen LogP contribution >= 0.6 is 0 Å². The molecule has 1 aromatic carbocycles. The third kappa shape index (κ3) is 5.13. The third-order valence-corrected chi connectivity index (χ3v) is 4.31. The first kappa shape index (κ1) is 19.0.